The SMILES string of the molecule is O=C1Nc2ccccc2N(Cc2ccc(-c3noc(C(F)(F)F)n3)cn2)C1Cc1ccc(O)cc1. The molecular formula is C24H18F3N5O3. The van der Waals surface area contributed by atoms with E-state index in [1.165, 1.54) is 6.20 Å². The van der Waals surface area contributed by atoms with Crippen LogP contribution in [-0.4, -0.2) is 32.2 Å². The van der Waals surface area contributed by atoms with Gasteiger partial charge in [-0.1, -0.05) is 29.4 Å². The lowest BCUT2D eigenvalue weighted by Crippen LogP contribution is -2.49. The maximum absolute atomic E-state index is 13.0. The summed E-state index contributed by atoms with van der Waals surface area (Å²) >= 11 is 0. The molecule has 0 spiro atoms. The van der Waals surface area contributed by atoms with Gasteiger partial charge in [-0.25, -0.2) is 0 Å². The number of rotatable bonds is 5. The number of carbonyl (C=O) groups is 1. The molecule has 0 radical (unpaired) electrons. The van der Waals surface area contributed by atoms with Crippen molar-refractivity contribution in [3.63, 3.8) is 0 Å². The lowest BCUT2D eigenvalue weighted by atomic mass is 9.99. The number of alkyl halides is 3. The molecule has 0 fully saturated rings. The van der Waals surface area contributed by atoms with Crippen LogP contribution in [0.2, 0.25) is 0 Å². The smallest absolute Gasteiger partial charge is 0.471 e. The number of hydrogen-bond donors (Lipinski definition) is 2. The van der Waals surface area contributed by atoms with Crippen molar-refractivity contribution in [2.75, 3.05) is 10.2 Å². The van der Waals surface area contributed by atoms with Gasteiger partial charge < -0.3 is 19.8 Å². The van der Waals surface area contributed by atoms with Crippen LogP contribution < -0.4 is 10.2 Å². The summed E-state index contributed by atoms with van der Waals surface area (Å²) in [7, 11) is 0. The van der Waals surface area contributed by atoms with Gasteiger partial charge in [-0.15, -0.1) is 0 Å². The number of phenols is 1. The molecule has 0 saturated carbocycles. The second-order valence-electron chi connectivity index (χ2n) is 7.98. The van der Waals surface area contributed by atoms with Crippen LogP contribution in [0.3, 0.4) is 0 Å². The van der Waals surface area contributed by atoms with Crippen LogP contribution in [0, 0.1) is 0 Å². The predicted molar refractivity (Wildman–Crippen MR) is 119 cm³/mol. The van der Waals surface area contributed by atoms with Crippen LogP contribution in [0.5, 0.6) is 5.75 Å². The number of nitrogens with zero attached hydrogens (tertiary/aromatic N) is 4. The van der Waals surface area contributed by atoms with Crippen LogP contribution in [0.25, 0.3) is 11.4 Å². The zero-order valence-electron chi connectivity index (χ0n) is 18.0. The standard InChI is InChI=1S/C24H18F3N5O3/c25-24(26,27)23-30-21(31-35-23)15-7-8-16(28-12-15)13-32-19-4-2-1-3-18(19)29-22(34)20(32)11-14-5-9-17(33)10-6-14/h1-10,12,20,33H,11,13H2,(H,29,34). The third-order valence-corrected chi connectivity index (χ3v) is 5.60. The van der Waals surface area contributed by atoms with Crippen LogP contribution in [0.15, 0.2) is 71.4 Å². The van der Waals surface area contributed by atoms with E-state index in [4.69, 9.17) is 0 Å². The fourth-order valence-electron chi connectivity index (χ4n) is 3.89. The molecule has 1 unspecified atom stereocenters. The molecule has 0 bridgehead atoms. The molecule has 11 heteroatoms. The average Bonchev–Trinajstić information content (AvgIpc) is 3.34. The number of nitrogens with one attached hydrogen (secondary N) is 1. The minimum absolute atomic E-state index is 0.136. The van der Waals surface area contributed by atoms with Crippen molar-refractivity contribution in [1.82, 2.24) is 15.1 Å². The highest BCUT2D eigenvalue weighted by Gasteiger charge is 2.38. The van der Waals surface area contributed by atoms with Gasteiger partial charge >= 0.3 is 12.1 Å². The summed E-state index contributed by atoms with van der Waals surface area (Å²) in [5.41, 5.74) is 3.21. The number of fused-ring (bicyclic) bond motifs is 1. The number of aromatic hydroxyl groups is 1. The van der Waals surface area contributed by atoms with Crippen LogP contribution in [-0.2, 0) is 23.9 Å². The number of para-hydroxylation sites is 2. The lowest BCUT2D eigenvalue weighted by molar-refractivity contribution is -0.159. The van der Waals surface area contributed by atoms with Gasteiger partial charge in [0.05, 0.1) is 23.6 Å². The Kier molecular flexibility index (Phi) is 5.59. The monoisotopic (exact) mass is 481 g/mol. The molecule has 3 heterocycles. The van der Waals surface area contributed by atoms with Crippen LogP contribution in [0.1, 0.15) is 17.1 Å². The Labute approximate surface area is 197 Å². The molecule has 1 atom stereocenters. The number of phenolic OH excluding ortho intramolecular Hbond substituents is 1. The van der Waals surface area contributed by atoms with E-state index in [0.717, 1.165) is 11.3 Å². The quantitative estimate of drug-likeness (QED) is 0.435. The summed E-state index contributed by atoms with van der Waals surface area (Å²) < 4.78 is 42.5. The molecule has 8 nitrogen and oxygen atoms in total. The molecule has 35 heavy (non-hydrogen) atoms. The molecule has 0 aliphatic carbocycles. The van der Waals surface area contributed by atoms with Crippen molar-refractivity contribution in [2.45, 2.75) is 25.2 Å². The Hall–Kier alpha value is -4.41. The minimum atomic E-state index is -4.73. The Morgan fingerprint density at radius 3 is 2.51 bits per heavy atom. The molecule has 2 N–H and O–H groups in total. The van der Waals surface area contributed by atoms with E-state index in [2.05, 4.69) is 25.0 Å². The third-order valence-electron chi connectivity index (χ3n) is 5.60. The van der Waals surface area contributed by atoms with Gasteiger partial charge in [0.25, 0.3) is 0 Å². The molecule has 5 rings (SSSR count). The maximum Gasteiger partial charge on any atom is 0.471 e. The van der Waals surface area contributed by atoms with E-state index in [-0.39, 0.29) is 29.6 Å². The van der Waals surface area contributed by atoms with Crippen molar-refractivity contribution in [3.8, 4) is 17.1 Å². The number of amides is 1. The molecule has 0 saturated heterocycles. The summed E-state index contributed by atoms with van der Waals surface area (Å²) in [6.45, 7) is 0.271. The molecule has 1 aliphatic heterocycles. The molecule has 178 valence electrons. The van der Waals surface area contributed by atoms with E-state index in [1.807, 2.05) is 29.2 Å². The lowest BCUT2D eigenvalue weighted by Gasteiger charge is -2.38. The highest BCUT2D eigenvalue weighted by molar-refractivity contribution is 6.03. The van der Waals surface area contributed by atoms with E-state index in [1.54, 1.807) is 36.4 Å². The zero-order valence-corrected chi connectivity index (χ0v) is 18.0. The van der Waals surface area contributed by atoms with Gasteiger partial charge in [-0.05, 0) is 42.0 Å². The summed E-state index contributed by atoms with van der Waals surface area (Å²) in [4.78, 5) is 22.7. The van der Waals surface area contributed by atoms with Gasteiger partial charge in [-0.3, -0.25) is 9.78 Å². The Morgan fingerprint density at radius 1 is 1.06 bits per heavy atom. The normalized spacial score (nSPS) is 15.6. The van der Waals surface area contributed by atoms with Gasteiger partial charge in [-0.2, -0.15) is 18.2 Å². The minimum Gasteiger partial charge on any atom is -0.508 e. The van der Waals surface area contributed by atoms with Crippen molar-refractivity contribution in [3.05, 3.63) is 84.0 Å². The first-order valence-corrected chi connectivity index (χ1v) is 10.6. The van der Waals surface area contributed by atoms with Crippen molar-refractivity contribution in [2.24, 2.45) is 0 Å². The number of halogens is 3. The van der Waals surface area contributed by atoms with E-state index in [9.17, 15) is 23.1 Å². The number of benzene rings is 2. The fraction of sp³-hybridized carbons (Fsp3) is 0.167. The maximum atomic E-state index is 13.0. The number of carbonyl (C=O) groups excluding carboxylic acids is 1. The van der Waals surface area contributed by atoms with Crippen molar-refractivity contribution < 1.29 is 27.6 Å². The summed E-state index contributed by atoms with van der Waals surface area (Å²) in [6, 6.07) is 16.7. The Bertz CT molecular complexity index is 1350. The number of anilines is 2. The first-order chi connectivity index (χ1) is 16.8. The van der Waals surface area contributed by atoms with Crippen LogP contribution >= 0.6 is 0 Å². The van der Waals surface area contributed by atoms with Crippen LogP contribution in [0.4, 0.5) is 24.5 Å². The van der Waals surface area contributed by atoms with Gasteiger partial charge in [0.2, 0.25) is 11.7 Å². The first-order valence-electron chi connectivity index (χ1n) is 10.6. The topological polar surface area (TPSA) is 104 Å². The highest BCUT2D eigenvalue weighted by Crippen LogP contribution is 2.34. The molecule has 4 aromatic rings. The third kappa shape index (κ3) is 4.65. The van der Waals surface area contributed by atoms with Crippen molar-refractivity contribution >= 4 is 17.3 Å². The van der Waals surface area contributed by atoms with E-state index < -0.39 is 18.1 Å². The van der Waals surface area contributed by atoms with Gasteiger partial charge in [0.1, 0.15) is 11.8 Å². The Balaban J connectivity index is 1.42. The highest BCUT2D eigenvalue weighted by atomic mass is 19.4. The molecule has 2 aromatic carbocycles. The number of hydrogen-bond acceptors (Lipinski definition) is 7. The molecule has 2 aromatic heterocycles. The predicted octanol–water partition coefficient (Wildman–Crippen LogP) is 4.43. The summed E-state index contributed by atoms with van der Waals surface area (Å²) in [5, 5.41) is 15.9. The fourth-order valence-corrected chi connectivity index (χ4v) is 3.89. The molecule has 1 amide bonds. The van der Waals surface area contributed by atoms with Gasteiger partial charge in [0, 0.05) is 18.2 Å². The van der Waals surface area contributed by atoms with Gasteiger partial charge in [0.15, 0.2) is 0 Å². The molecule has 1 aliphatic rings. The number of pyridine rings is 1. The first kappa shape index (κ1) is 22.4. The second-order valence-corrected chi connectivity index (χ2v) is 7.98. The Morgan fingerprint density at radius 2 is 1.83 bits per heavy atom. The summed E-state index contributed by atoms with van der Waals surface area (Å²) in [6.07, 6.45) is -2.97. The van der Waals surface area contributed by atoms with E-state index in [0.29, 0.717) is 17.8 Å². The zero-order chi connectivity index (χ0) is 24.6. The second kappa shape index (κ2) is 8.75. The average molecular weight is 481 g/mol. The van der Waals surface area contributed by atoms with E-state index >= 15 is 0 Å². The largest absolute Gasteiger partial charge is 0.508 e. The summed E-state index contributed by atoms with van der Waals surface area (Å²) in [5.74, 6) is -1.69. The van der Waals surface area contributed by atoms with Crippen molar-refractivity contribution in [1.29, 1.82) is 0 Å². The number of aromatic nitrogens is 3. The molecular weight excluding hydrogens is 463 g/mol.